The first-order valence-corrected chi connectivity index (χ1v) is 6.17. The Hall–Kier alpha value is -1.61. The fourth-order valence-electron chi connectivity index (χ4n) is 2.46. The van der Waals surface area contributed by atoms with E-state index in [1.807, 2.05) is 12.1 Å². The SMILES string of the molecule is NCC1CCN(c2ccc3ccccc3n2)C1. The molecule has 1 aromatic heterocycles. The summed E-state index contributed by atoms with van der Waals surface area (Å²) in [7, 11) is 0. The van der Waals surface area contributed by atoms with E-state index >= 15 is 0 Å². The van der Waals surface area contributed by atoms with Gasteiger partial charge in [0.15, 0.2) is 0 Å². The molecule has 0 saturated carbocycles. The molecule has 0 bridgehead atoms. The van der Waals surface area contributed by atoms with Gasteiger partial charge in [-0.05, 0) is 37.1 Å². The van der Waals surface area contributed by atoms with Crippen LogP contribution in [0.4, 0.5) is 5.82 Å². The van der Waals surface area contributed by atoms with Crippen LogP contribution in [-0.2, 0) is 0 Å². The van der Waals surface area contributed by atoms with Gasteiger partial charge in [-0.15, -0.1) is 0 Å². The third kappa shape index (κ3) is 1.98. The normalized spacial score (nSPS) is 20.1. The molecule has 17 heavy (non-hydrogen) atoms. The highest BCUT2D eigenvalue weighted by atomic mass is 15.2. The Labute approximate surface area is 101 Å². The van der Waals surface area contributed by atoms with Crippen LogP contribution in [0.3, 0.4) is 0 Å². The van der Waals surface area contributed by atoms with Crippen molar-refractivity contribution in [2.24, 2.45) is 11.7 Å². The van der Waals surface area contributed by atoms with Crippen LogP contribution in [0.1, 0.15) is 6.42 Å². The number of aromatic nitrogens is 1. The molecule has 0 spiro atoms. The molecule has 1 saturated heterocycles. The molecular formula is C14H17N3. The third-order valence-electron chi connectivity index (χ3n) is 3.53. The molecule has 1 fully saturated rings. The van der Waals surface area contributed by atoms with Crippen LogP contribution in [0.5, 0.6) is 0 Å². The molecule has 0 aliphatic carbocycles. The maximum Gasteiger partial charge on any atom is 0.129 e. The Kier molecular flexibility index (Phi) is 2.69. The zero-order valence-electron chi connectivity index (χ0n) is 9.84. The number of pyridine rings is 1. The lowest BCUT2D eigenvalue weighted by molar-refractivity contribution is 0.602. The van der Waals surface area contributed by atoms with E-state index in [1.54, 1.807) is 0 Å². The lowest BCUT2D eigenvalue weighted by Gasteiger charge is -2.17. The van der Waals surface area contributed by atoms with E-state index in [2.05, 4.69) is 29.2 Å². The molecule has 1 aliphatic rings. The van der Waals surface area contributed by atoms with Crippen LogP contribution < -0.4 is 10.6 Å². The third-order valence-corrected chi connectivity index (χ3v) is 3.53. The summed E-state index contributed by atoms with van der Waals surface area (Å²) in [6, 6.07) is 12.5. The van der Waals surface area contributed by atoms with E-state index in [4.69, 9.17) is 10.7 Å². The topological polar surface area (TPSA) is 42.1 Å². The molecule has 2 aromatic rings. The number of benzene rings is 1. The van der Waals surface area contributed by atoms with Crippen LogP contribution in [-0.4, -0.2) is 24.6 Å². The monoisotopic (exact) mass is 227 g/mol. The van der Waals surface area contributed by atoms with Crippen molar-refractivity contribution in [1.82, 2.24) is 4.98 Å². The van der Waals surface area contributed by atoms with Crippen molar-refractivity contribution < 1.29 is 0 Å². The van der Waals surface area contributed by atoms with Crippen LogP contribution in [0.25, 0.3) is 10.9 Å². The largest absolute Gasteiger partial charge is 0.356 e. The van der Waals surface area contributed by atoms with Gasteiger partial charge in [0.2, 0.25) is 0 Å². The Balaban J connectivity index is 1.91. The van der Waals surface area contributed by atoms with Gasteiger partial charge in [-0.1, -0.05) is 18.2 Å². The molecule has 0 radical (unpaired) electrons. The Morgan fingerprint density at radius 3 is 2.94 bits per heavy atom. The lowest BCUT2D eigenvalue weighted by Crippen LogP contribution is -2.23. The Morgan fingerprint density at radius 2 is 2.12 bits per heavy atom. The number of nitrogens with two attached hydrogens (primary N) is 1. The van der Waals surface area contributed by atoms with Gasteiger partial charge in [0, 0.05) is 18.5 Å². The standard InChI is InChI=1S/C14H17N3/c15-9-11-7-8-17(10-11)14-6-5-12-3-1-2-4-13(12)16-14/h1-6,11H,7-10,15H2. The van der Waals surface area contributed by atoms with Crippen molar-refractivity contribution in [2.45, 2.75) is 6.42 Å². The van der Waals surface area contributed by atoms with Crippen molar-refractivity contribution in [2.75, 3.05) is 24.5 Å². The molecule has 1 atom stereocenters. The fourth-order valence-corrected chi connectivity index (χ4v) is 2.46. The maximum absolute atomic E-state index is 5.72. The molecule has 2 N–H and O–H groups in total. The average Bonchev–Trinajstić information content (AvgIpc) is 2.87. The predicted molar refractivity (Wildman–Crippen MR) is 71.1 cm³/mol. The predicted octanol–water partition coefficient (Wildman–Crippen LogP) is 2.02. The highest BCUT2D eigenvalue weighted by Crippen LogP contribution is 2.23. The van der Waals surface area contributed by atoms with E-state index in [0.717, 1.165) is 31.0 Å². The van der Waals surface area contributed by atoms with Crippen LogP contribution >= 0.6 is 0 Å². The summed E-state index contributed by atoms with van der Waals surface area (Å²) in [6.07, 6.45) is 1.19. The highest BCUT2D eigenvalue weighted by molar-refractivity contribution is 5.80. The quantitative estimate of drug-likeness (QED) is 0.853. The molecule has 88 valence electrons. The van der Waals surface area contributed by atoms with Gasteiger partial charge < -0.3 is 10.6 Å². The Morgan fingerprint density at radius 1 is 1.24 bits per heavy atom. The molecule has 2 heterocycles. The van der Waals surface area contributed by atoms with Gasteiger partial charge in [0.1, 0.15) is 5.82 Å². The molecule has 1 aromatic carbocycles. The Bertz CT molecular complexity index is 524. The molecule has 3 heteroatoms. The summed E-state index contributed by atoms with van der Waals surface area (Å²) in [5.41, 5.74) is 6.79. The number of hydrogen-bond donors (Lipinski definition) is 1. The summed E-state index contributed by atoms with van der Waals surface area (Å²) in [5.74, 6) is 1.71. The van der Waals surface area contributed by atoms with Gasteiger partial charge in [0.05, 0.1) is 5.52 Å². The lowest BCUT2D eigenvalue weighted by atomic mass is 10.1. The number of nitrogens with zero attached hydrogens (tertiary/aromatic N) is 2. The van der Waals surface area contributed by atoms with Crippen molar-refractivity contribution in [3.8, 4) is 0 Å². The maximum atomic E-state index is 5.72. The number of anilines is 1. The first kappa shape index (κ1) is 10.5. The van der Waals surface area contributed by atoms with Gasteiger partial charge in [-0.2, -0.15) is 0 Å². The summed E-state index contributed by atoms with van der Waals surface area (Å²) < 4.78 is 0. The summed E-state index contributed by atoms with van der Waals surface area (Å²) in [5, 5.41) is 1.20. The molecular weight excluding hydrogens is 210 g/mol. The zero-order valence-corrected chi connectivity index (χ0v) is 9.84. The van der Waals surface area contributed by atoms with E-state index < -0.39 is 0 Å². The minimum atomic E-state index is 0.628. The number of fused-ring (bicyclic) bond motifs is 1. The number of hydrogen-bond acceptors (Lipinski definition) is 3. The second-order valence-corrected chi connectivity index (χ2v) is 4.70. The fraction of sp³-hybridized carbons (Fsp3) is 0.357. The molecule has 1 unspecified atom stereocenters. The summed E-state index contributed by atoms with van der Waals surface area (Å²) >= 11 is 0. The van der Waals surface area contributed by atoms with Crippen molar-refractivity contribution in [3.05, 3.63) is 36.4 Å². The first-order chi connectivity index (χ1) is 8.36. The van der Waals surface area contributed by atoms with Crippen LogP contribution in [0.2, 0.25) is 0 Å². The highest BCUT2D eigenvalue weighted by Gasteiger charge is 2.22. The molecule has 1 aliphatic heterocycles. The minimum Gasteiger partial charge on any atom is -0.356 e. The summed E-state index contributed by atoms with van der Waals surface area (Å²) in [4.78, 5) is 7.05. The van der Waals surface area contributed by atoms with E-state index in [0.29, 0.717) is 5.92 Å². The number of para-hydroxylation sites is 1. The molecule has 3 rings (SSSR count). The summed E-state index contributed by atoms with van der Waals surface area (Å²) in [6.45, 7) is 2.90. The number of rotatable bonds is 2. The van der Waals surface area contributed by atoms with Gasteiger partial charge >= 0.3 is 0 Å². The molecule has 3 nitrogen and oxygen atoms in total. The zero-order chi connectivity index (χ0) is 11.7. The van der Waals surface area contributed by atoms with Crippen molar-refractivity contribution in [1.29, 1.82) is 0 Å². The average molecular weight is 227 g/mol. The second-order valence-electron chi connectivity index (χ2n) is 4.70. The second kappa shape index (κ2) is 4.34. The van der Waals surface area contributed by atoms with Crippen molar-refractivity contribution in [3.63, 3.8) is 0 Å². The minimum absolute atomic E-state index is 0.628. The first-order valence-electron chi connectivity index (χ1n) is 6.17. The van der Waals surface area contributed by atoms with Gasteiger partial charge in [0.25, 0.3) is 0 Å². The van der Waals surface area contributed by atoms with Gasteiger partial charge in [-0.25, -0.2) is 4.98 Å². The van der Waals surface area contributed by atoms with Gasteiger partial charge in [-0.3, -0.25) is 0 Å². The van der Waals surface area contributed by atoms with E-state index in [-0.39, 0.29) is 0 Å². The van der Waals surface area contributed by atoms with E-state index in [1.165, 1.54) is 11.8 Å². The van der Waals surface area contributed by atoms with Crippen molar-refractivity contribution >= 4 is 16.7 Å². The molecule has 0 amide bonds. The van der Waals surface area contributed by atoms with Crippen LogP contribution in [0, 0.1) is 5.92 Å². The van der Waals surface area contributed by atoms with Crippen LogP contribution in [0.15, 0.2) is 36.4 Å². The smallest absolute Gasteiger partial charge is 0.129 e. The van der Waals surface area contributed by atoms with E-state index in [9.17, 15) is 0 Å².